The van der Waals surface area contributed by atoms with E-state index in [1.54, 1.807) is 17.1 Å². The van der Waals surface area contributed by atoms with Gasteiger partial charge in [-0.1, -0.05) is 0 Å². The lowest BCUT2D eigenvalue weighted by atomic mass is 10.0. The van der Waals surface area contributed by atoms with E-state index in [2.05, 4.69) is 26.0 Å². The first-order chi connectivity index (χ1) is 8.15. The largest absolute Gasteiger partial charge is 0.388 e. The van der Waals surface area contributed by atoms with Crippen molar-refractivity contribution >= 4 is 15.9 Å². The molecule has 0 saturated carbocycles. The Kier molecular flexibility index (Phi) is 3.91. The molecule has 2 aromatic rings. The molecule has 90 valence electrons. The molecule has 2 aromatic heterocycles. The fraction of sp³-hybridized carbons (Fsp3) is 0.333. The standard InChI is InChI=1S/C12H14BrN3O/c1-16-8-9(5-15-16)2-3-12(17)10-4-11(13)7-14-6-10/h4-8,12,17H,2-3H2,1H3. The van der Waals surface area contributed by atoms with E-state index in [1.165, 1.54) is 0 Å². The Morgan fingerprint density at radius 3 is 2.88 bits per heavy atom. The predicted molar refractivity (Wildman–Crippen MR) is 68.4 cm³/mol. The van der Waals surface area contributed by atoms with Crippen LogP contribution >= 0.6 is 15.9 Å². The summed E-state index contributed by atoms with van der Waals surface area (Å²) in [5.74, 6) is 0. The van der Waals surface area contributed by atoms with E-state index < -0.39 is 6.10 Å². The predicted octanol–water partition coefficient (Wildman–Crippen LogP) is 2.24. The number of aryl methyl sites for hydroxylation is 2. The van der Waals surface area contributed by atoms with Crippen molar-refractivity contribution in [2.75, 3.05) is 0 Å². The molecule has 0 radical (unpaired) electrons. The number of aliphatic hydroxyl groups is 1. The molecule has 0 spiro atoms. The Hall–Kier alpha value is -1.20. The van der Waals surface area contributed by atoms with Crippen LogP contribution in [0.5, 0.6) is 0 Å². The molecule has 1 atom stereocenters. The highest BCUT2D eigenvalue weighted by Gasteiger charge is 2.09. The van der Waals surface area contributed by atoms with Crippen LogP contribution in [0.25, 0.3) is 0 Å². The molecule has 0 bridgehead atoms. The topological polar surface area (TPSA) is 50.9 Å². The summed E-state index contributed by atoms with van der Waals surface area (Å²) in [5.41, 5.74) is 1.97. The molecule has 17 heavy (non-hydrogen) atoms. The lowest BCUT2D eigenvalue weighted by Crippen LogP contribution is -2.00. The van der Waals surface area contributed by atoms with Crippen molar-refractivity contribution in [3.8, 4) is 0 Å². The maximum absolute atomic E-state index is 10.0. The van der Waals surface area contributed by atoms with Crippen LogP contribution in [0.2, 0.25) is 0 Å². The molecule has 2 rings (SSSR count). The number of hydrogen-bond acceptors (Lipinski definition) is 3. The number of aliphatic hydroxyl groups excluding tert-OH is 1. The van der Waals surface area contributed by atoms with Gasteiger partial charge in [0.1, 0.15) is 0 Å². The van der Waals surface area contributed by atoms with Gasteiger partial charge in [0, 0.05) is 30.1 Å². The second-order valence-corrected chi connectivity index (χ2v) is 4.93. The van der Waals surface area contributed by atoms with Crippen LogP contribution in [0.15, 0.2) is 35.3 Å². The first-order valence-corrected chi connectivity index (χ1v) is 6.20. The zero-order chi connectivity index (χ0) is 12.3. The van der Waals surface area contributed by atoms with E-state index in [4.69, 9.17) is 0 Å². The molecule has 1 unspecified atom stereocenters. The monoisotopic (exact) mass is 295 g/mol. The van der Waals surface area contributed by atoms with E-state index in [1.807, 2.05) is 25.5 Å². The van der Waals surface area contributed by atoms with Gasteiger partial charge >= 0.3 is 0 Å². The number of halogens is 1. The molecule has 5 heteroatoms. The van der Waals surface area contributed by atoms with Crippen LogP contribution in [-0.4, -0.2) is 19.9 Å². The summed E-state index contributed by atoms with van der Waals surface area (Å²) in [7, 11) is 1.89. The minimum Gasteiger partial charge on any atom is -0.388 e. The van der Waals surface area contributed by atoms with Crippen molar-refractivity contribution in [2.45, 2.75) is 18.9 Å². The Morgan fingerprint density at radius 1 is 1.41 bits per heavy atom. The minimum absolute atomic E-state index is 0.486. The van der Waals surface area contributed by atoms with Crippen LogP contribution in [-0.2, 0) is 13.5 Å². The second-order valence-electron chi connectivity index (χ2n) is 4.01. The molecule has 0 aromatic carbocycles. The molecule has 4 nitrogen and oxygen atoms in total. The van der Waals surface area contributed by atoms with Gasteiger partial charge in [-0.3, -0.25) is 9.67 Å². The van der Waals surface area contributed by atoms with E-state index in [-0.39, 0.29) is 0 Å². The summed E-state index contributed by atoms with van der Waals surface area (Å²) in [4.78, 5) is 4.04. The number of hydrogen-bond donors (Lipinski definition) is 1. The molecule has 0 aliphatic rings. The second kappa shape index (κ2) is 5.42. The van der Waals surface area contributed by atoms with Gasteiger partial charge < -0.3 is 5.11 Å². The summed E-state index contributed by atoms with van der Waals surface area (Å²) in [5, 5.41) is 14.1. The first kappa shape index (κ1) is 12.3. The lowest BCUT2D eigenvalue weighted by Gasteiger charge is -2.09. The fourth-order valence-corrected chi connectivity index (χ4v) is 2.06. The van der Waals surface area contributed by atoms with Gasteiger partial charge in [0.25, 0.3) is 0 Å². The van der Waals surface area contributed by atoms with Crippen LogP contribution in [0.4, 0.5) is 0 Å². The highest BCUT2D eigenvalue weighted by Crippen LogP contribution is 2.20. The van der Waals surface area contributed by atoms with Crippen molar-refractivity contribution in [1.82, 2.24) is 14.8 Å². The average molecular weight is 296 g/mol. The normalized spacial score (nSPS) is 12.6. The van der Waals surface area contributed by atoms with Gasteiger partial charge in [-0.2, -0.15) is 5.10 Å². The van der Waals surface area contributed by atoms with E-state index >= 15 is 0 Å². The van der Waals surface area contributed by atoms with Crippen LogP contribution in [0.3, 0.4) is 0 Å². The van der Waals surface area contributed by atoms with Crippen molar-refractivity contribution in [2.24, 2.45) is 7.05 Å². The number of rotatable bonds is 4. The summed E-state index contributed by atoms with van der Waals surface area (Å²) in [6.07, 6.45) is 8.18. The van der Waals surface area contributed by atoms with Gasteiger partial charge in [0.2, 0.25) is 0 Å². The molecule has 0 aliphatic carbocycles. The SMILES string of the molecule is Cn1cc(CCC(O)c2cncc(Br)c2)cn1. The van der Waals surface area contributed by atoms with Gasteiger partial charge in [-0.25, -0.2) is 0 Å². The third kappa shape index (κ3) is 3.38. The lowest BCUT2D eigenvalue weighted by molar-refractivity contribution is 0.167. The molecule has 0 aliphatic heterocycles. The Labute approximate surface area is 108 Å². The summed E-state index contributed by atoms with van der Waals surface area (Å²) in [6.45, 7) is 0. The molecule has 0 saturated heterocycles. The van der Waals surface area contributed by atoms with Crippen LogP contribution < -0.4 is 0 Å². The highest BCUT2D eigenvalue weighted by atomic mass is 79.9. The zero-order valence-electron chi connectivity index (χ0n) is 9.55. The zero-order valence-corrected chi connectivity index (χ0v) is 11.1. The van der Waals surface area contributed by atoms with Crippen molar-refractivity contribution in [1.29, 1.82) is 0 Å². The van der Waals surface area contributed by atoms with E-state index in [0.717, 1.165) is 22.0 Å². The van der Waals surface area contributed by atoms with Gasteiger partial charge in [-0.15, -0.1) is 0 Å². The van der Waals surface area contributed by atoms with E-state index in [0.29, 0.717) is 6.42 Å². The Morgan fingerprint density at radius 2 is 2.24 bits per heavy atom. The van der Waals surface area contributed by atoms with Crippen LogP contribution in [0, 0.1) is 0 Å². The maximum atomic E-state index is 10.0. The maximum Gasteiger partial charge on any atom is 0.0808 e. The summed E-state index contributed by atoms with van der Waals surface area (Å²) < 4.78 is 2.65. The van der Waals surface area contributed by atoms with Gasteiger partial charge in [-0.05, 0) is 46.0 Å². The molecular formula is C12H14BrN3O. The Balaban J connectivity index is 1.95. The first-order valence-electron chi connectivity index (χ1n) is 5.41. The van der Waals surface area contributed by atoms with Crippen molar-refractivity contribution < 1.29 is 5.11 Å². The minimum atomic E-state index is -0.486. The third-order valence-corrected chi connectivity index (χ3v) is 3.01. The summed E-state index contributed by atoms with van der Waals surface area (Å²) in [6, 6.07) is 1.89. The average Bonchev–Trinajstić information content (AvgIpc) is 2.72. The van der Waals surface area contributed by atoms with Gasteiger partial charge in [0.05, 0.1) is 12.3 Å². The third-order valence-electron chi connectivity index (χ3n) is 2.58. The fourth-order valence-electron chi connectivity index (χ4n) is 1.68. The number of nitrogens with zero attached hydrogens (tertiary/aromatic N) is 3. The summed E-state index contributed by atoms with van der Waals surface area (Å²) >= 11 is 3.34. The van der Waals surface area contributed by atoms with Crippen molar-refractivity contribution in [3.63, 3.8) is 0 Å². The molecular weight excluding hydrogens is 282 g/mol. The quantitative estimate of drug-likeness (QED) is 0.941. The Bertz CT molecular complexity index is 498. The van der Waals surface area contributed by atoms with Crippen LogP contribution in [0.1, 0.15) is 23.7 Å². The number of pyridine rings is 1. The smallest absolute Gasteiger partial charge is 0.0808 e. The molecule has 2 heterocycles. The van der Waals surface area contributed by atoms with E-state index in [9.17, 15) is 5.11 Å². The van der Waals surface area contributed by atoms with Gasteiger partial charge in [0.15, 0.2) is 0 Å². The molecule has 1 N–H and O–H groups in total. The molecule has 0 fully saturated rings. The van der Waals surface area contributed by atoms with Crippen molar-refractivity contribution in [3.05, 3.63) is 46.5 Å². The molecule has 0 amide bonds. The number of aromatic nitrogens is 3. The highest BCUT2D eigenvalue weighted by molar-refractivity contribution is 9.10.